The number of nitrogens with zero attached hydrogens (tertiary/aromatic N) is 5. The summed E-state index contributed by atoms with van der Waals surface area (Å²) in [7, 11) is 5.09. The summed E-state index contributed by atoms with van der Waals surface area (Å²) in [6.07, 6.45) is 0.689. The van der Waals surface area contributed by atoms with Crippen LogP contribution in [-0.4, -0.2) is 90.4 Å². The molecule has 1 aromatic heterocycles. The lowest BCUT2D eigenvalue weighted by atomic mass is 9.95. The summed E-state index contributed by atoms with van der Waals surface area (Å²) >= 11 is 0. The topological polar surface area (TPSA) is 138 Å². The normalized spacial score (nSPS) is 19.3. The van der Waals surface area contributed by atoms with E-state index in [1.165, 1.54) is 0 Å². The van der Waals surface area contributed by atoms with Gasteiger partial charge in [-0.2, -0.15) is 5.10 Å². The van der Waals surface area contributed by atoms with Gasteiger partial charge in [0.25, 0.3) is 11.8 Å². The number of nitrogens with two attached hydrogens (primary N) is 1. The van der Waals surface area contributed by atoms with Crippen molar-refractivity contribution in [1.29, 1.82) is 0 Å². The number of ether oxygens (including phenoxy) is 1. The predicted molar refractivity (Wildman–Crippen MR) is 178 cm³/mol. The highest BCUT2D eigenvalue weighted by Crippen LogP contribution is 2.35. The third kappa shape index (κ3) is 7.02. The predicted octanol–water partition coefficient (Wildman–Crippen LogP) is 3.80. The van der Waals surface area contributed by atoms with Gasteiger partial charge in [0.05, 0.1) is 12.1 Å². The Hall–Kier alpha value is -4.42. The Morgan fingerprint density at radius 1 is 1.11 bits per heavy atom. The second-order valence-corrected chi connectivity index (χ2v) is 13.1. The van der Waals surface area contributed by atoms with Crippen molar-refractivity contribution in [2.75, 3.05) is 57.7 Å². The van der Waals surface area contributed by atoms with Gasteiger partial charge < -0.3 is 35.8 Å². The molecule has 0 radical (unpaired) electrons. The molecule has 12 heteroatoms. The SMILES string of the molecule is COC[C@]1(N)CCN(C(=O)Nc2ccc(CNC(=O)c3nn(C(C)C)c4c3CN(c3ccc(C(=O)N(C)C)cc3)C[C@@H]4C)cc2)C1. The number of nitrogens with one attached hydrogen (secondary N) is 2. The fourth-order valence-corrected chi connectivity index (χ4v) is 6.33. The van der Waals surface area contributed by atoms with Crippen LogP contribution >= 0.6 is 0 Å². The van der Waals surface area contributed by atoms with E-state index in [-0.39, 0.29) is 29.8 Å². The Morgan fingerprint density at radius 2 is 1.80 bits per heavy atom. The number of methoxy groups -OCH3 is 1. The maximum atomic E-state index is 13.6. The van der Waals surface area contributed by atoms with Crippen LogP contribution in [0.25, 0.3) is 0 Å². The molecule has 1 saturated heterocycles. The summed E-state index contributed by atoms with van der Waals surface area (Å²) in [5.41, 5.74) is 11.4. The number of likely N-dealkylation sites (tertiary alicyclic amines) is 1. The number of anilines is 2. The van der Waals surface area contributed by atoms with Gasteiger partial charge in [0.1, 0.15) is 0 Å². The molecule has 2 aliphatic rings. The van der Waals surface area contributed by atoms with E-state index in [1.807, 2.05) is 53.2 Å². The molecule has 3 aromatic rings. The Balaban J connectivity index is 1.24. The molecule has 4 N–H and O–H groups in total. The number of aromatic nitrogens is 2. The van der Waals surface area contributed by atoms with E-state index < -0.39 is 5.54 Å². The average molecular weight is 631 g/mol. The molecule has 0 bridgehead atoms. The quantitative estimate of drug-likeness (QED) is 0.327. The Morgan fingerprint density at radius 3 is 2.43 bits per heavy atom. The monoisotopic (exact) mass is 630 g/mol. The lowest BCUT2D eigenvalue weighted by Crippen LogP contribution is -2.48. The number of hydrogen-bond acceptors (Lipinski definition) is 7. The van der Waals surface area contributed by atoms with Gasteiger partial charge in [0.2, 0.25) is 0 Å². The van der Waals surface area contributed by atoms with Crippen LogP contribution in [0, 0.1) is 0 Å². The summed E-state index contributed by atoms with van der Waals surface area (Å²) < 4.78 is 7.19. The summed E-state index contributed by atoms with van der Waals surface area (Å²) in [5.74, 6) is -0.127. The van der Waals surface area contributed by atoms with Crippen LogP contribution in [0.2, 0.25) is 0 Å². The Kier molecular flexibility index (Phi) is 9.68. The standard InChI is InChI=1S/C34H46N8O4/c1-22(2)42-30-23(3)18-41(27-13-9-25(10-14-27)32(44)39(4)5)19-28(30)29(38-42)31(43)36-17-24-7-11-26(12-8-24)37-33(45)40-16-15-34(35,20-40)21-46-6/h7-14,22-23H,15-21,35H2,1-6H3,(H,36,43)(H,37,45)/t23-,34-/m0/s1. The number of amides is 4. The first-order chi connectivity index (χ1) is 21.9. The van der Waals surface area contributed by atoms with E-state index in [1.54, 1.807) is 31.0 Å². The first kappa shape index (κ1) is 33.0. The third-order valence-electron chi connectivity index (χ3n) is 8.71. The Bertz CT molecular complexity index is 1570. The first-order valence-corrected chi connectivity index (χ1v) is 15.8. The molecule has 4 amide bonds. The number of urea groups is 1. The molecule has 246 valence electrons. The van der Waals surface area contributed by atoms with Crippen molar-refractivity contribution in [3.63, 3.8) is 0 Å². The van der Waals surface area contributed by atoms with Crippen molar-refractivity contribution in [2.24, 2.45) is 5.73 Å². The number of hydrogen-bond donors (Lipinski definition) is 3. The van der Waals surface area contributed by atoms with Gasteiger partial charge in [-0.3, -0.25) is 14.3 Å². The molecule has 2 aromatic carbocycles. The zero-order valence-electron chi connectivity index (χ0n) is 27.7. The van der Waals surface area contributed by atoms with Crippen LogP contribution < -0.4 is 21.3 Å². The van der Waals surface area contributed by atoms with Crippen LogP contribution in [-0.2, 0) is 17.8 Å². The van der Waals surface area contributed by atoms with Gasteiger partial charge in [-0.1, -0.05) is 19.1 Å². The van der Waals surface area contributed by atoms with Crippen LogP contribution in [0.1, 0.15) is 76.8 Å². The number of carbonyl (C=O) groups is 3. The number of benzene rings is 2. The largest absolute Gasteiger partial charge is 0.383 e. The molecule has 0 aliphatic carbocycles. The highest BCUT2D eigenvalue weighted by molar-refractivity contribution is 5.95. The fourth-order valence-electron chi connectivity index (χ4n) is 6.33. The minimum absolute atomic E-state index is 0.0408. The molecule has 0 saturated carbocycles. The van der Waals surface area contributed by atoms with E-state index in [2.05, 4.69) is 36.3 Å². The first-order valence-electron chi connectivity index (χ1n) is 15.8. The highest BCUT2D eigenvalue weighted by Gasteiger charge is 2.37. The van der Waals surface area contributed by atoms with E-state index in [9.17, 15) is 14.4 Å². The third-order valence-corrected chi connectivity index (χ3v) is 8.71. The fraction of sp³-hybridized carbons (Fsp3) is 0.471. The van der Waals surface area contributed by atoms with Gasteiger partial charge in [0.15, 0.2) is 5.69 Å². The van der Waals surface area contributed by atoms with Gasteiger partial charge >= 0.3 is 6.03 Å². The van der Waals surface area contributed by atoms with E-state index in [0.29, 0.717) is 56.2 Å². The number of carbonyl (C=O) groups excluding carboxylic acids is 3. The van der Waals surface area contributed by atoms with Crippen molar-refractivity contribution >= 4 is 29.2 Å². The lowest BCUT2D eigenvalue weighted by molar-refractivity contribution is 0.0827. The minimum Gasteiger partial charge on any atom is -0.383 e. The van der Waals surface area contributed by atoms with Gasteiger partial charge in [-0.05, 0) is 62.2 Å². The van der Waals surface area contributed by atoms with E-state index in [0.717, 1.165) is 29.1 Å². The maximum Gasteiger partial charge on any atom is 0.321 e. The second kappa shape index (κ2) is 13.5. The van der Waals surface area contributed by atoms with Crippen molar-refractivity contribution in [1.82, 2.24) is 24.9 Å². The molecule has 0 unspecified atom stereocenters. The van der Waals surface area contributed by atoms with Gasteiger partial charge in [0, 0.05) is 94.1 Å². The maximum absolute atomic E-state index is 13.6. The van der Waals surface area contributed by atoms with Crippen LogP contribution in [0.3, 0.4) is 0 Å². The van der Waals surface area contributed by atoms with Gasteiger partial charge in [-0.15, -0.1) is 0 Å². The zero-order chi connectivity index (χ0) is 33.2. The highest BCUT2D eigenvalue weighted by atomic mass is 16.5. The minimum atomic E-state index is -0.520. The molecular weight excluding hydrogens is 584 g/mol. The molecule has 5 rings (SSSR count). The molecular formula is C34H46N8O4. The van der Waals surface area contributed by atoms with Gasteiger partial charge in [-0.25, -0.2) is 4.79 Å². The van der Waals surface area contributed by atoms with E-state index >= 15 is 0 Å². The van der Waals surface area contributed by atoms with Crippen molar-refractivity contribution in [3.05, 3.63) is 76.6 Å². The van der Waals surface area contributed by atoms with E-state index in [4.69, 9.17) is 15.6 Å². The number of rotatable bonds is 9. The van der Waals surface area contributed by atoms with Crippen LogP contribution in [0.15, 0.2) is 48.5 Å². The smallest absolute Gasteiger partial charge is 0.321 e. The second-order valence-electron chi connectivity index (χ2n) is 13.1. The molecule has 0 spiro atoms. The van der Waals surface area contributed by atoms with Crippen molar-refractivity contribution in [2.45, 2.75) is 57.8 Å². The van der Waals surface area contributed by atoms with Crippen LogP contribution in [0.5, 0.6) is 0 Å². The summed E-state index contributed by atoms with van der Waals surface area (Å²) in [4.78, 5) is 44.2. The van der Waals surface area contributed by atoms with Crippen molar-refractivity contribution < 1.29 is 19.1 Å². The summed E-state index contributed by atoms with van der Waals surface area (Å²) in [6.45, 7) is 9.36. The zero-order valence-corrected chi connectivity index (χ0v) is 27.7. The molecule has 2 atom stereocenters. The average Bonchev–Trinajstić information content (AvgIpc) is 3.62. The lowest BCUT2D eigenvalue weighted by Gasteiger charge is -2.34. The molecule has 3 heterocycles. The van der Waals surface area contributed by atoms with Crippen LogP contribution in [0.4, 0.5) is 16.2 Å². The molecule has 46 heavy (non-hydrogen) atoms. The summed E-state index contributed by atoms with van der Waals surface area (Å²) in [6, 6.07) is 14.9. The number of fused-ring (bicyclic) bond motifs is 1. The van der Waals surface area contributed by atoms with Crippen molar-refractivity contribution in [3.8, 4) is 0 Å². The molecule has 12 nitrogen and oxygen atoms in total. The Labute approximate surface area is 270 Å². The molecule has 2 aliphatic heterocycles. The molecule has 1 fully saturated rings. The summed E-state index contributed by atoms with van der Waals surface area (Å²) in [5, 5.41) is 10.8.